The van der Waals surface area contributed by atoms with Crippen LogP contribution in [0.3, 0.4) is 0 Å². The summed E-state index contributed by atoms with van der Waals surface area (Å²) in [5.41, 5.74) is 0.707. The van der Waals surface area contributed by atoms with Crippen molar-refractivity contribution in [2.45, 2.75) is 11.7 Å². The van der Waals surface area contributed by atoms with Crippen LogP contribution in [-0.4, -0.2) is 25.4 Å². The van der Waals surface area contributed by atoms with Gasteiger partial charge in [0.2, 0.25) is 10.9 Å². The van der Waals surface area contributed by atoms with E-state index in [1.165, 1.54) is 11.8 Å². The number of hydrogen-bond donors (Lipinski definition) is 0. The maximum absolute atomic E-state index is 12.5. The van der Waals surface area contributed by atoms with E-state index in [1.54, 1.807) is 21.2 Å². The van der Waals surface area contributed by atoms with Crippen molar-refractivity contribution >= 4 is 28.4 Å². The van der Waals surface area contributed by atoms with Crippen LogP contribution in [0.4, 0.5) is 0 Å². The summed E-state index contributed by atoms with van der Waals surface area (Å²) in [6.45, 7) is 4.10. The third-order valence-corrected chi connectivity index (χ3v) is 3.45. The van der Waals surface area contributed by atoms with Gasteiger partial charge in [-0.15, -0.1) is 11.7 Å². The molecule has 3 aromatic rings. The molecule has 0 N–H and O–H groups in total. The highest BCUT2D eigenvalue weighted by atomic mass is 32.2. The Kier molecular flexibility index (Phi) is 2.87. The summed E-state index contributed by atoms with van der Waals surface area (Å²) in [4.78, 5) is 16.8. The minimum absolute atomic E-state index is 0.0666. The van der Waals surface area contributed by atoms with Gasteiger partial charge in [-0.2, -0.15) is 9.50 Å². The van der Waals surface area contributed by atoms with Crippen LogP contribution in [0.5, 0.6) is 0 Å². The first-order valence-corrected chi connectivity index (χ1v) is 7.02. The van der Waals surface area contributed by atoms with Gasteiger partial charge in [0, 0.05) is 6.54 Å². The van der Waals surface area contributed by atoms with Crippen molar-refractivity contribution in [1.29, 1.82) is 0 Å². The van der Waals surface area contributed by atoms with E-state index >= 15 is 0 Å². The van der Waals surface area contributed by atoms with Crippen LogP contribution >= 0.6 is 11.8 Å². The lowest BCUT2D eigenvalue weighted by atomic mass is 10.2. The van der Waals surface area contributed by atoms with Gasteiger partial charge in [-0.05, 0) is 18.4 Å². The third-order valence-electron chi connectivity index (χ3n) is 2.91. The van der Waals surface area contributed by atoms with Gasteiger partial charge in [-0.3, -0.25) is 9.36 Å². The van der Waals surface area contributed by atoms with E-state index < -0.39 is 0 Å². The summed E-state index contributed by atoms with van der Waals surface area (Å²) >= 11 is 1.45. The molecule has 0 radical (unpaired) electrons. The molecule has 0 aliphatic heterocycles. The summed E-state index contributed by atoms with van der Waals surface area (Å²) < 4.78 is 3.30. The van der Waals surface area contributed by atoms with E-state index in [2.05, 4.69) is 16.7 Å². The molecule has 2 heterocycles. The fourth-order valence-corrected chi connectivity index (χ4v) is 2.41. The Morgan fingerprint density at radius 2 is 2.21 bits per heavy atom. The van der Waals surface area contributed by atoms with E-state index in [4.69, 9.17) is 0 Å². The molecule has 3 rings (SSSR count). The van der Waals surface area contributed by atoms with Crippen LogP contribution < -0.4 is 5.56 Å². The number of thioether (sulfide) groups is 1. The van der Waals surface area contributed by atoms with Gasteiger partial charge in [-0.1, -0.05) is 30.0 Å². The standard InChI is InChI=1S/C13H12N4OS/c1-3-8-16-11(18)9-6-4-5-7-10(9)17-13(16)14-12(15-17)19-2/h3-7H,1,8H2,2H3. The Bertz CT molecular complexity index is 834. The van der Waals surface area contributed by atoms with Crippen LogP contribution in [0.25, 0.3) is 16.7 Å². The van der Waals surface area contributed by atoms with Gasteiger partial charge in [0.15, 0.2) is 0 Å². The second-order valence-corrected chi connectivity index (χ2v) is 4.81. The zero-order valence-corrected chi connectivity index (χ0v) is 11.2. The monoisotopic (exact) mass is 272 g/mol. The molecular weight excluding hydrogens is 260 g/mol. The Balaban J connectivity index is 2.55. The zero-order chi connectivity index (χ0) is 13.4. The highest BCUT2D eigenvalue weighted by Gasteiger charge is 2.13. The fourth-order valence-electron chi connectivity index (χ4n) is 2.08. The smallest absolute Gasteiger partial charge is 0.263 e. The largest absolute Gasteiger partial charge is 0.273 e. The van der Waals surface area contributed by atoms with Gasteiger partial charge >= 0.3 is 0 Å². The molecule has 0 unspecified atom stereocenters. The van der Waals surface area contributed by atoms with Crippen molar-refractivity contribution in [2.75, 3.05) is 6.26 Å². The molecule has 0 atom stereocenters. The predicted octanol–water partition coefficient (Wildman–Crippen LogP) is 1.95. The third kappa shape index (κ3) is 1.76. The average molecular weight is 272 g/mol. The SMILES string of the molecule is C=CCn1c(=O)c2ccccc2n2nc(SC)nc12. The molecule has 6 heteroatoms. The first kappa shape index (κ1) is 12.0. The van der Waals surface area contributed by atoms with Crippen LogP contribution in [-0.2, 0) is 6.54 Å². The number of nitrogens with zero attached hydrogens (tertiary/aromatic N) is 4. The molecule has 96 valence electrons. The molecule has 0 bridgehead atoms. The predicted molar refractivity (Wildman–Crippen MR) is 76.7 cm³/mol. The van der Waals surface area contributed by atoms with Crippen molar-refractivity contribution < 1.29 is 0 Å². The minimum atomic E-state index is -0.0666. The number of fused-ring (bicyclic) bond motifs is 3. The number of benzene rings is 1. The topological polar surface area (TPSA) is 52.2 Å². The van der Waals surface area contributed by atoms with Crippen molar-refractivity contribution in [3.8, 4) is 0 Å². The lowest BCUT2D eigenvalue weighted by molar-refractivity contribution is 0.776. The van der Waals surface area contributed by atoms with E-state index in [0.29, 0.717) is 22.9 Å². The summed E-state index contributed by atoms with van der Waals surface area (Å²) in [5.74, 6) is 0.549. The molecule has 2 aromatic heterocycles. The van der Waals surface area contributed by atoms with E-state index in [9.17, 15) is 4.79 Å². The molecule has 0 saturated heterocycles. The molecule has 1 aromatic carbocycles. The Labute approximate surface area is 113 Å². The van der Waals surface area contributed by atoms with Gasteiger partial charge in [0.25, 0.3) is 5.56 Å². The molecule has 19 heavy (non-hydrogen) atoms. The minimum Gasteiger partial charge on any atom is -0.273 e. The Morgan fingerprint density at radius 3 is 2.95 bits per heavy atom. The van der Waals surface area contributed by atoms with E-state index in [0.717, 1.165) is 5.52 Å². The van der Waals surface area contributed by atoms with Gasteiger partial charge < -0.3 is 0 Å². The van der Waals surface area contributed by atoms with Crippen LogP contribution in [0.2, 0.25) is 0 Å². The second-order valence-electron chi connectivity index (χ2n) is 4.03. The second kappa shape index (κ2) is 4.55. The fraction of sp³-hybridized carbons (Fsp3) is 0.154. The molecule has 0 fully saturated rings. The first-order chi connectivity index (χ1) is 9.26. The molecular formula is C13H12N4OS. The van der Waals surface area contributed by atoms with Crippen molar-refractivity contribution in [3.63, 3.8) is 0 Å². The van der Waals surface area contributed by atoms with Gasteiger partial charge in [0.05, 0.1) is 10.9 Å². The van der Waals surface area contributed by atoms with E-state index in [1.807, 2.05) is 24.5 Å². The maximum Gasteiger partial charge on any atom is 0.263 e. The summed E-state index contributed by atoms with van der Waals surface area (Å²) in [6, 6.07) is 7.41. The number of hydrogen-bond acceptors (Lipinski definition) is 4. The molecule has 0 spiro atoms. The molecule has 0 amide bonds. The Hall–Kier alpha value is -2.08. The molecule has 0 aliphatic rings. The molecule has 5 nitrogen and oxygen atoms in total. The van der Waals surface area contributed by atoms with Crippen molar-refractivity contribution in [3.05, 3.63) is 47.3 Å². The lowest BCUT2D eigenvalue weighted by Crippen LogP contribution is -2.22. The number of aromatic nitrogens is 4. The van der Waals surface area contributed by atoms with Crippen LogP contribution in [0, 0.1) is 0 Å². The highest BCUT2D eigenvalue weighted by Crippen LogP contribution is 2.15. The quantitative estimate of drug-likeness (QED) is 0.540. The van der Waals surface area contributed by atoms with Gasteiger partial charge in [0.1, 0.15) is 0 Å². The normalized spacial score (nSPS) is 11.2. The van der Waals surface area contributed by atoms with Crippen LogP contribution in [0.15, 0.2) is 46.9 Å². The average Bonchev–Trinajstić information content (AvgIpc) is 2.88. The maximum atomic E-state index is 12.5. The van der Waals surface area contributed by atoms with Crippen molar-refractivity contribution in [2.24, 2.45) is 0 Å². The first-order valence-electron chi connectivity index (χ1n) is 5.79. The van der Waals surface area contributed by atoms with Crippen LogP contribution in [0.1, 0.15) is 0 Å². The highest BCUT2D eigenvalue weighted by molar-refractivity contribution is 7.98. The zero-order valence-electron chi connectivity index (χ0n) is 10.4. The van der Waals surface area contributed by atoms with E-state index in [-0.39, 0.29) is 5.56 Å². The number of rotatable bonds is 3. The Morgan fingerprint density at radius 1 is 1.42 bits per heavy atom. The number of para-hydroxylation sites is 1. The summed E-state index contributed by atoms with van der Waals surface area (Å²) in [7, 11) is 0. The molecule has 0 aliphatic carbocycles. The van der Waals surface area contributed by atoms with Crippen molar-refractivity contribution in [1.82, 2.24) is 19.2 Å². The molecule has 0 saturated carbocycles. The summed E-state index contributed by atoms with van der Waals surface area (Å²) in [5, 5.41) is 5.70. The summed E-state index contributed by atoms with van der Waals surface area (Å²) in [6.07, 6.45) is 3.59. The number of allylic oxidation sites excluding steroid dienone is 1. The lowest BCUT2D eigenvalue weighted by Gasteiger charge is -2.06. The van der Waals surface area contributed by atoms with Gasteiger partial charge in [-0.25, -0.2) is 0 Å².